The van der Waals surface area contributed by atoms with E-state index < -0.39 is 0 Å². The lowest BCUT2D eigenvalue weighted by Crippen LogP contribution is -2.02. The summed E-state index contributed by atoms with van der Waals surface area (Å²) in [6, 6.07) is 0. The van der Waals surface area contributed by atoms with E-state index in [1.807, 2.05) is 6.08 Å². The van der Waals surface area contributed by atoms with Gasteiger partial charge >= 0.3 is 0 Å². The Labute approximate surface area is 58.0 Å². The minimum atomic E-state index is 0.0417. The highest BCUT2D eigenvalue weighted by Crippen LogP contribution is 2.11. The molecule has 0 amide bonds. The number of alkyl halides is 1. The van der Waals surface area contributed by atoms with E-state index in [0.29, 0.717) is 11.6 Å². The molecule has 1 nitrogen and oxygen atoms in total. The van der Waals surface area contributed by atoms with Crippen molar-refractivity contribution in [1.29, 1.82) is 0 Å². The van der Waals surface area contributed by atoms with Crippen LogP contribution in [0, 0.1) is 0 Å². The van der Waals surface area contributed by atoms with Gasteiger partial charge in [-0.25, -0.2) is 4.99 Å². The summed E-state index contributed by atoms with van der Waals surface area (Å²) in [4.78, 5) is 3.80. The van der Waals surface area contributed by atoms with Gasteiger partial charge in [-0.05, 0) is 6.08 Å². The highest BCUT2D eigenvalue weighted by atomic mass is 35.5. The highest BCUT2D eigenvalue weighted by molar-refractivity contribution is 6.66. The molecule has 44 valence electrons. The fourth-order valence-corrected chi connectivity index (χ4v) is 1.01. The minimum Gasteiger partial charge on any atom is -0.249 e. The van der Waals surface area contributed by atoms with Crippen LogP contribution in [0.5, 0.6) is 0 Å². The van der Waals surface area contributed by atoms with Gasteiger partial charge in [0.1, 0.15) is 5.17 Å². The average Bonchev–Trinajstić information content (AvgIpc) is 1.64. The zero-order valence-electron chi connectivity index (χ0n) is 4.14. The lowest BCUT2D eigenvalue weighted by atomic mass is 10.3. The summed E-state index contributed by atoms with van der Waals surface area (Å²) >= 11 is 11.2. The highest BCUT2D eigenvalue weighted by Gasteiger charge is 2.05. The zero-order chi connectivity index (χ0) is 5.98. The number of hydrogen-bond donors (Lipinski definition) is 0. The van der Waals surface area contributed by atoms with Crippen molar-refractivity contribution in [3.05, 3.63) is 12.3 Å². The molecule has 8 heavy (non-hydrogen) atoms. The maximum absolute atomic E-state index is 5.66. The molecule has 0 radical (unpaired) electrons. The van der Waals surface area contributed by atoms with Crippen LogP contribution in [0.15, 0.2) is 17.3 Å². The fourth-order valence-electron chi connectivity index (χ4n) is 0.499. The Morgan fingerprint density at radius 1 is 1.75 bits per heavy atom. The van der Waals surface area contributed by atoms with Crippen LogP contribution in [0.4, 0.5) is 0 Å². The quantitative estimate of drug-likeness (QED) is 0.469. The number of aliphatic imine (C=N–C) groups is 1. The molecule has 0 saturated carbocycles. The second-order valence-electron chi connectivity index (χ2n) is 1.57. The molecule has 1 aliphatic rings. The third-order valence-corrected chi connectivity index (χ3v) is 1.42. The molecule has 0 saturated heterocycles. The maximum atomic E-state index is 5.66. The number of allylic oxidation sites excluding steroid dienone is 1. The van der Waals surface area contributed by atoms with Gasteiger partial charge in [0, 0.05) is 12.6 Å². The SMILES string of the molecule is ClC1=NC=CC(Cl)C1. The van der Waals surface area contributed by atoms with Crippen molar-refractivity contribution in [1.82, 2.24) is 0 Å². The van der Waals surface area contributed by atoms with Crippen LogP contribution in [0.3, 0.4) is 0 Å². The van der Waals surface area contributed by atoms with Crippen molar-refractivity contribution in [3.8, 4) is 0 Å². The molecule has 0 aromatic heterocycles. The van der Waals surface area contributed by atoms with Gasteiger partial charge in [-0.2, -0.15) is 0 Å². The number of rotatable bonds is 0. The average molecular weight is 150 g/mol. The molecular formula is C5H5Cl2N. The third kappa shape index (κ3) is 1.49. The van der Waals surface area contributed by atoms with Gasteiger partial charge in [-0.15, -0.1) is 11.6 Å². The fraction of sp³-hybridized carbons (Fsp3) is 0.400. The predicted octanol–water partition coefficient (Wildman–Crippen LogP) is 2.15. The van der Waals surface area contributed by atoms with Crippen LogP contribution in [0.2, 0.25) is 0 Å². The van der Waals surface area contributed by atoms with E-state index in [9.17, 15) is 0 Å². The molecule has 0 aromatic rings. The van der Waals surface area contributed by atoms with Gasteiger partial charge in [0.2, 0.25) is 0 Å². The van der Waals surface area contributed by atoms with Gasteiger partial charge in [-0.3, -0.25) is 0 Å². The van der Waals surface area contributed by atoms with E-state index in [4.69, 9.17) is 23.2 Å². The predicted molar refractivity (Wildman–Crippen MR) is 36.7 cm³/mol. The lowest BCUT2D eigenvalue weighted by molar-refractivity contribution is 1.08. The molecule has 1 aliphatic heterocycles. The van der Waals surface area contributed by atoms with Gasteiger partial charge in [-0.1, -0.05) is 11.6 Å². The molecule has 0 bridgehead atoms. The molecule has 3 heteroatoms. The summed E-state index contributed by atoms with van der Waals surface area (Å²) in [6.45, 7) is 0. The summed E-state index contributed by atoms with van der Waals surface area (Å²) in [5, 5.41) is 0.632. The van der Waals surface area contributed by atoms with E-state index in [-0.39, 0.29) is 5.38 Å². The summed E-state index contributed by atoms with van der Waals surface area (Å²) in [6.07, 6.45) is 4.11. The van der Waals surface area contributed by atoms with Crippen LogP contribution in [-0.2, 0) is 0 Å². The molecule has 0 N–H and O–H groups in total. The van der Waals surface area contributed by atoms with Gasteiger partial charge in [0.25, 0.3) is 0 Å². The Balaban J connectivity index is 2.59. The summed E-state index contributed by atoms with van der Waals surface area (Å²) < 4.78 is 0. The normalized spacial score (nSPS) is 27.8. The Morgan fingerprint density at radius 2 is 2.50 bits per heavy atom. The maximum Gasteiger partial charge on any atom is 0.108 e. The smallest absolute Gasteiger partial charge is 0.108 e. The number of nitrogens with zero attached hydrogens (tertiary/aromatic N) is 1. The van der Waals surface area contributed by atoms with Crippen molar-refractivity contribution in [2.45, 2.75) is 11.8 Å². The molecule has 0 aliphatic carbocycles. The Morgan fingerprint density at radius 3 is 2.88 bits per heavy atom. The largest absolute Gasteiger partial charge is 0.249 e. The van der Waals surface area contributed by atoms with E-state index in [2.05, 4.69) is 4.99 Å². The van der Waals surface area contributed by atoms with Crippen LogP contribution in [-0.4, -0.2) is 10.5 Å². The van der Waals surface area contributed by atoms with Crippen molar-refractivity contribution in [3.63, 3.8) is 0 Å². The van der Waals surface area contributed by atoms with Crippen molar-refractivity contribution in [2.75, 3.05) is 0 Å². The first-order chi connectivity index (χ1) is 3.79. The lowest BCUT2D eigenvalue weighted by Gasteiger charge is -2.03. The zero-order valence-corrected chi connectivity index (χ0v) is 5.65. The van der Waals surface area contributed by atoms with Gasteiger partial charge in [0.15, 0.2) is 0 Å². The summed E-state index contributed by atoms with van der Waals surface area (Å²) in [5.41, 5.74) is 0. The molecule has 0 spiro atoms. The van der Waals surface area contributed by atoms with E-state index in [1.165, 1.54) is 0 Å². The Bertz CT molecular complexity index is 139. The molecule has 0 fully saturated rings. The first kappa shape index (κ1) is 6.12. The molecule has 1 heterocycles. The number of halogens is 2. The molecule has 0 aromatic carbocycles. The second kappa shape index (κ2) is 2.51. The van der Waals surface area contributed by atoms with Gasteiger partial charge < -0.3 is 0 Å². The minimum absolute atomic E-state index is 0.0417. The van der Waals surface area contributed by atoms with E-state index in [1.54, 1.807) is 6.20 Å². The molecule has 1 rings (SSSR count). The Kier molecular flexibility index (Phi) is 1.92. The second-order valence-corrected chi connectivity index (χ2v) is 2.56. The van der Waals surface area contributed by atoms with E-state index in [0.717, 1.165) is 0 Å². The van der Waals surface area contributed by atoms with Crippen LogP contribution in [0.1, 0.15) is 6.42 Å². The summed E-state index contributed by atoms with van der Waals surface area (Å²) in [7, 11) is 0. The Hall–Kier alpha value is -0.0100. The van der Waals surface area contributed by atoms with Crippen molar-refractivity contribution < 1.29 is 0 Å². The van der Waals surface area contributed by atoms with Crippen molar-refractivity contribution >= 4 is 28.4 Å². The monoisotopic (exact) mass is 149 g/mol. The first-order valence-corrected chi connectivity index (χ1v) is 3.13. The van der Waals surface area contributed by atoms with E-state index >= 15 is 0 Å². The van der Waals surface area contributed by atoms with Gasteiger partial charge in [0.05, 0.1) is 5.38 Å². The molecule has 1 atom stereocenters. The first-order valence-electron chi connectivity index (χ1n) is 2.32. The van der Waals surface area contributed by atoms with Crippen molar-refractivity contribution in [2.24, 2.45) is 4.99 Å². The molecule has 1 unspecified atom stereocenters. The standard InChI is InChI=1S/C5H5Cl2N/c6-4-1-2-8-5(7)3-4/h1-2,4H,3H2. The topological polar surface area (TPSA) is 12.4 Å². The van der Waals surface area contributed by atoms with Crippen LogP contribution in [0.25, 0.3) is 0 Å². The van der Waals surface area contributed by atoms with Crippen LogP contribution >= 0.6 is 23.2 Å². The molecular weight excluding hydrogens is 145 g/mol. The third-order valence-electron chi connectivity index (χ3n) is 0.873. The van der Waals surface area contributed by atoms with Crippen LogP contribution < -0.4 is 0 Å². The summed E-state index contributed by atoms with van der Waals surface area (Å²) in [5.74, 6) is 0. The number of hydrogen-bond acceptors (Lipinski definition) is 1.